The molecule has 7 heteroatoms. The maximum absolute atomic E-state index is 11.6. The van der Waals surface area contributed by atoms with Gasteiger partial charge in [-0.2, -0.15) is 0 Å². The van der Waals surface area contributed by atoms with E-state index >= 15 is 0 Å². The molecule has 0 atom stereocenters. The number of carbonyl (C=O) groups is 1. The van der Waals surface area contributed by atoms with Crippen LogP contribution >= 0.6 is 11.3 Å². The molecule has 0 saturated heterocycles. The lowest BCUT2D eigenvalue weighted by Gasteiger charge is -2.00. The summed E-state index contributed by atoms with van der Waals surface area (Å²) >= 11 is 1.21. The fraction of sp³-hybridized carbons (Fsp3) is 0.222. The highest BCUT2D eigenvalue weighted by atomic mass is 32.1. The van der Waals surface area contributed by atoms with Crippen LogP contribution in [0.1, 0.15) is 17.5 Å². The van der Waals surface area contributed by atoms with Crippen molar-refractivity contribution in [2.45, 2.75) is 6.92 Å². The van der Waals surface area contributed by atoms with Crippen LogP contribution in [-0.2, 0) is 4.74 Å². The van der Waals surface area contributed by atoms with Gasteiger partial charge in [0.05, 0.1) is 17.7 Å². The van der Waals surface area contributed by atoms with E-state index in [0.29, 0.717) is 15.9 Å². The van der Waals surface area contributed by atoms with Gasteiger partial charge in [-0.05, 0) is 6.92 Å². The van der Waals surface area contributed by atoms with Crippen molar-refractivity contribution in [3.63, 3.8) is 0 Å². The number of H-pyrrole nitrogens is 1. The Morgan fingerprint density at radius 3 is 3.12 bits per heavy atom. The monoisotopic (exact) mass is 239 g/mol. The molecule has 0 radical (unpaired) electrons. The number of hydrogen-bond acceptors (Lipinski definition) is 6. The summed E-state index contributed by atoms with van der Waals surface area (Å²) in [7, 11) is 0. The fourth-order valence-electron chi connectivity index (χ4n) is 1.27. The highest BCUT2D eigenvalue weighted by Gasteiger charge is 2.14. The maximum atomic E-state index is 11.6. The quantitative estimate of drug-likeness (QED) is 0.753. The zero-order valence-electron chi connectivity index (χ0n) is 8.44. The number of hydrogen-bond donors (Lipinski definition) is 2. The van der Waals surface area contributed by atoms with E-state index in [1.165, 1.54) is 11.3 Å². The van der Waals surface area contributed by atoms with Crippen molar-refractivity contribution in [3.8, 4) is 0 Å². The number of rotatable bonds is 2. The van der Waals surface area contributed by atoms with Gasteiger partial charge in [-0.25, -0.2) is 9.78 Å². The van der Waals surface area contributed by atoms with Crippen LogP contribution in [-0.4, -0.2) is 22.5 Å². The van der Waals surface area contributed by atoms with Crippen molar-refractivity contribution in [1.29, 1.82) is 0 Å². The lowest BCUT2D eigenvalue weighted by atomic mass is 10.3. The molecule has 0 fully saturated rings. The first-order chi connectivity index (χ1) is 7.63. The molecule has 3 N–H and O–H groups in total. The van der Waals surface area contributed by atoms with E-state index in [4.69, 9.17) is 10.5 Å². The molecule has 16 heavy (non-hydrogen) atoms. The second kappa shape index (κ2) is 3.93. The summed E-state index contributed by atoms with van der Waals surface area (Å²) in [5.74, 6) is -0.741. The molecule has 0 saturated carbocycles. The van der Waals surface area contributed by atoms with Crippen molar-refractivity contribution >= 4 is 33.2 Å². The van der Waals surface area contributed by atoms with Gasteiger partial charge in [0.1, 0.15) is 4.83 Å². The fourth-order valence-corrected chi connectivity index (χ4v) is 2.10. The summed E-state index contributed by atoms with van der Waals surface area (Å²) in [4.78, 5) is 29.7. The van der Waals surface area contributed by atoms with E-state index in [1.54, 1.807) is 12.3 Å². The lowest BCUT2D eigenvalue weighted by molar-refractivity contribution is 0.0512. The van der Waals surface area contributed by atoms with Crippen LogP contribution in [0.4, 0.5) is 5.69 Å². The van der Waals surface area contributed by atoms with Gasteiger partial charge in [0, 0.05) is 5.38 Å². The zero-order chi connectivity index (χ0) is 11.7. The number of nitrogens with zero attached hydrogens (tertiary/aromatic N) is 1. The zero-order valence-corrected chi connectivity index (χ0v) is 9.26. The summed E-state index contributed by atoms with van der Waals surface area (Å²) < 4.78 is 4.74. The van der Waals surface area contributed by atoms with Crippen molar-refractivity contribution in [2.75, 3.05) is 12.3 Å². The van der Waals surface area contributed by atoms with Crippen molar-refractivity contribution in [3.05, 3.63) is 21.6 Å². The Morgan fingerprint density at radius 1 is 1.69 bits per heavy atom. The van der Waals surface area contributed by atoms with Crippen molar-refractivity contribution in [1.82, 2.24) is 9.97 Å². The van der Waals surface area contributed by atoms with Gasteiger partial charge in [0.25, 0.3) is 5.56 Å². The number of nitrogens with two attached hydrogens (primary N) is 1. The highest BCUT2D eigenvalue weighted by Crippen LogP contribution is 2.22. The summed E-state index contributed by atoms with van der Waals surface area (Å²) in [5, 5.41) is 1.93. The largest absolute Gasteiger partial charge is 0.460 e. The highest BCUT2D eigenvalue weighted by molar-refractivity contribution is 7.17. The second-order valence-corrected chi connectivity index (χ2v) is 3.86. The standard InChI is InChI=1S/C9H9N3O3S/c1-2-15-9(14)6-11-7(13)5-4(10)3-16-8(5)12-6/h3H,2,10H2,1H3,(H,11,12,13). The van der Waals surface area contributed by atoms with Crippen LogP contribution in [0.15, 0.2) is 10.2 Å². The molecule has 6 nitrogen and oxygen atoms in total. The number of aromatic nitrogens is 2. The number of aromatic amines is 1. The Bertz CT molecular complexity index is 602. The van der Waals surface area contributed by atoms with E-state index < -0.39 is 11.5 Å². The van der Waals surface area contributed by atoms with E-state index in [9.17, 15) is 9.59 Å². The number of ether oxygens (including phenoxy) is 1. The van der Waals surface area contributed by atoms with Crippen LogP contribution < -0.4 is 11.3 Å². The molecule has 0 spiro atoms. The minimum atomic E-state index is -0.645. The molecule has 84 valence electrons. The first-order valence-electron chi connectivity index (χ1n) is 4.57. The number of nitrogen functional groups attached to an aromatic ring is 1. The molecule has 0 unspecified atom stereocenters. The summed E-state index contributed by atoms with van der Waals surface area (Å²) in [6.45, 7) is 1.91. The van der Waals surface area contributed by atoms with Gasteiger partial charge < -0.3 is 15.5 Å². The molecular weight excluding hydrogens is 230 g/mol. The Kier molecular flexibility index (Phi) is 2.61. The van der Waals surface area contributed by atoms with E-state index in [-0.39, 0.29) is 12.4 Å². The lowest BCUT2D eigenvalue weighted by Crippen LogP contribution is -2.17. The molecule has 0 aliphatic heterocycles. The van der Waals surface area contributed by atoms with E-state index in [1.807, 2.05) is 0 Å². The third-order valence-electron chi connectivity index (χ3n) is 1.94. The summed E-state index contributed by atoms with van der Waals surface area (Å²) in [6.07, 6.45) is 0. The average molecular weight is 239 g/mol. The van der Waals surface area contributed by atoms with E-state index in [0.717, 1.165) is 0 Å². The van der Waals surface area contributed by atoms with Crippen molar-refractivity contribution < 1.29 is 9.53 Å². The minimum Gasteiger partial charge on any atom is -0.460 e. The van der Waals surface area contributed by atoms with Crippen LogP contribution in [0.25, 0.3) is 10.2 Å². The molecule has 2 aromatic rings. The molecular formula is C9H9N3O3S. The minimum absolute atomic E-state index is 0.0961. The Labute approximate surface area is 94.1 Å². The SMILES string of the molecule is CCOC(=O)c1nc2scc(N)c2c(=O)[nH]1. The molecule has 0 bridgehead atoms. The number of anilines is 1. The molecule has 2 aromatic heterocycles. The third-order valence-corrected chi connectivity index (χ3v) is 2.83. The number of thiophene rings is 1. The maximum Gasteiger partial charge on any atom is 0.374 e. The van der Waals surface area contributed by atoms with Crippen LogP contribution in [0.5, 0.6) is 0 Å². The number of nitrogens with one attached hydrogen (secondary N) is 1. The van der Waals surface area contributed by atoms with Crippen LogP contribution in [0.3, 0.4) is 0 Å². The number of esters is 1. The van der Waals surface area contributed by atoms with Gasteiger partial charge >= 0.3 is 5.97 Å². The molecule has 0 aromatic carbocycles. The van der Waals surface area contributed by atoms with Gasteiger partial charge in [-0.1, -0.05) is 0 Å². The molecule has 0 amide bonds. The molecule has 2 rings (SSSR count). The predicted molar refractivity (Wildman–Crippen MR) is 60.6 cm³/mol. The first kappa shape index (κ1) is 10.6. The Morgan fingerprint density at radius 2 is 2.44 bits per heavy atom. The average Bonchev–Trinajstić information content (AvgIpc) is 2.61. The van der Waals surface area contributed by atoms with Gasteiger partial charge in [-0.3, -0.25) is 4.79 Å². The summed E-state index contributed by atoms with van der Waals surface area (Å²) in [6, 6.07) is 0. The van der Waals surface area contributed by atoms with E-state index in [2.05, 4.69) is 9.97 Å². The Balaban J connectivity index is 2.59. The normalized spacial score (nSPS) is 10.6. The van der Waals surface area contributed by atoms with Crippen LogP contribution in [0, 0.1) is 0 Å². The molecule has 0 aliphatic rings. The number of fused-ring (bicyclic) bond motifs is 1. The molecule has 0 aliphatic carbocycles. The topological polar surface area (TPSA) is 98.1 Å². The smallest absolute Gasteiger partial charge is 0.374 e. The third kappa shape index (κ3) is 1.65. The Hall–Kier alpha value is -1.89. The predicted octanol–water partition coefficient (Wildman–Crippen LogP) is 0.744. The van der Waals surface area contributed by atoms with Crippen LogP contribution in [0.2, 0.25) is 0 Å². The van der Waals surface area contributed by atoms with Gasteiger partial charge in [0.15, 0.2) is 0 Å². The summed E-state index contributed by atoms with van der Waals surface area (Å²) in [5.41, 5.74) is 5.54. The van der Waals surface area contributed by atoms with Gasteiger partial charge in [0.2, 0.25) is 5.82 Å². The first-order valence-corrected chi connectivity index (χ1v) is 5.45. The second-order valence-electron chi connectivity index (χ2n) is 3.01. The molecule has 2 heterocycles. The number of carbonyl (C=O) groups excluding carboxylic acids is 1. The van der Waals surface area contributed by atoms with Gasteiger partial charge in [-0.15, -0.1) is 11.3 Å². The van der Waals surface area contributed by atoms with Crippen molar-refractivity contribution in [2.24, 2.45) is 0 Å².